The smallest absolute Gasteiger partial charge is 0.167 e. The molecule has 19 heavy (non-hydrogen) atoms. The van der Waals surface area contributed by atoms with E-state index in [4.69, 9.17) is 0 Å². The number of benzene rings is 1. The number of hydrogen-bond acceptors (Lipinski definition) is 1. The normalized spacial score (nSPS) is 14.6. The van der Waals surface area contributed by atoms with Gasteiger partial charge in [0.1, 0.15) is 5.82 Å². The van der Waals surface area contributed by atoms with E-state index in [1.807, 2.05) is 29.1 Å². The first-order chi connectivity index (χ1) is 9.15. The molecule has 1 saturated carbocycles. The van der Waals surface area contributed by atoms with Gasteiger partial charge in [-0.1, -0.05) is 12.1 Å². The maximum absolute atomic E-state index is 13.4. The Morgan fingerprint density at radius 3 is 2.89 bits per heavy atom. The summed E-state index contributed by atoms with van der Waals surface area (Å²) >= 11 is 3.25. The van der Waals surface area contributed by atoms with Crippen molar-refractivity contribution in [1.29, 1.82) is 0 Å². The highest BCUT2D eigenvalue weighted by molar-refractivity contribution is 9.10. The zero-order valence-corrected chi connectivity index (χ0v) is 11.9. The second-order valence-corrected chi connectivity index (χ2v) is 5.72. The van der Waals surface area contributed by atoms with Crippen molar-refractivity contribution < 1.29 is 9.18 Å². The van der Waals surface area contributed by atoms with Crippen molar-refractivity contribution in [3.8, 4) is 0 Å². The summed E-state index contributed by atoms with van der Waals surface area (Å²) in [6, 6.07) is 6.82. The second kappa shape index (κ2) is 4.93. The molecular weight excluding hydrogens is 309 g/mol. The molecule has 2 aromatic rings. The van der Waals surface area contributed by atoms with E-state index in [2.05, 4.69) is 15.9 Å². The van der Waals surface area contributed by atoms with Gasteiger partial charge in [0.05, 0.1) is 4.47 Å². The lowest BCUT2D eigenvalue weighted by Crippen LogP contribution is -2.01. The zero-order valence-electron chi connectivity index (χ0n) is 10.3. The number of aromatic nitrogens is 1. The monoisotopic (exact) mass is 321 g/mol. The fourth-order valence-corrected chi connectivity index (χ4v) is 2.52. The molecule has 1 heterocycles. The molecule has 1 aromatic heterocycles. The Kier molecular flexibility index (Phi) is 3.27. The van der Waals surface area contributed by atoms with Crippen LogP contribution in [0.25, 0.3) is 0 Å². The van der Waals surface area contributed by atoms with Gasteiger partial charge in [-0.05, 0) is 46.5 Å². The molecular formula is C15H13BrFNO. The first kappa shape index (κ1) is 12.6. The average Bonchev–Trinajstić information content (AvgIpc) is 3.14. The minimum absolute atomic E-state index is 0.233. The lowest BCUT2D eigenvalue weighted by Gasteiger charge is -2.06. The largest absolute Gasteiger partial charge is 0.349 e. The lowest BCUT2D eigenvalue weighted by molar-refractivity contribution is 0.0967. The predicted molar refractivity (Wildman–Crippen MR) is 74.7 cm³/mol. The van der Waals surface area contributed by atoms with E-state index in [0.717, 1.165) is 24.0 Å². The number of carbonyl (C=O) groups excluding carboxylic acids is 1. The topological polar surface area (TPSA) is 22.0 Å². The third-order valence-corrected chi connectivity index (χ3v) is 4.26. The summed E-state index contributed by atoms with van der Waals surface area (Å²) in [5.74, 6) is 0.202. The summed E-state index contributed by atoms with van der Waals surface area (Å²) in [7, 11) is 0. The molecule has 4 heteroatoms. The van der Waals surface area contributed by atoms with Crippen molar-refractivity contribution in [3.05, 3.63) is 58.1 Å². The summed E-state index contributed by atoms with van der Waals surface area (Å²) in [6.45, 7) is 0.552. The SMILES string of the molecule is O=C(c1ccn(Cc2cccc(F)c2Br)c1)C1CC1. The lowest BCUT2D eigenvalue weighted by atomic mass is 10.1. The van der Waals surface area contributed by atoms with Crippen LogP contribution in [0.3, 0.4) is 0 Å². The van der Waals surface area contributed by atoms with Crippen LogP contribution < -0.4 is 0 Å². The molecule has 0 radical (unpaired) electrons. The van der Waals surface area contributed by atoms with Crippen LogP contribution in [-0.2, 0) is 6.54 Å². The molecule has 1 fully saturated rings. The number of Topliss-reactive ketones (excluding diaryl/α,β-unsaturated/α-hetero) is 1. The van der Waals surface area contributed by atoms with Crippen LogP contribution >= 0.6 is 15.9 Å². The van der Waals surface area contributed by atoms with E-state index in [1.54, 1.807) is 6.07 Å². The summed E-state index contributed by atoms with van der Waals surface area (Å²) in [5.41, 5.74) is 1.62. The molecule has 98 valence electrons. The highest BCUT2D eigenvalue weighted by atomic mass is 79.9. The quantitative estimate of drug-likeness (QED) is 0.779. The van der Waals surface area contributed by atoms with Crippen molar-refractivity contribution in [1.82, 2.24) is 4.57 Å². The minimum atomic E-state index is -0.265. The highest BCUT2D eigenvalue weighted by Crippen LogP contribution is 2.32. The first-order valence-corrected chi connectivity index (χ1v) is 7.07. The van der Waals surface area contributed by atoms with Crippen LogP contribution in [0.15, 0.2) is 41.1 Å². The molecule has 2 nitrogen and oxygen atoms in total. The molecule has 0 atom stereocenters. The maximum Gasteiger partial charge on any atom is 0.167 e. The molecule has 0 unspecified atom stereocenters. The van der Waals surface area contributed by atoms with Crippen LogP contribution in [0, 0.1) is 11.7 Å². The Morgan fingerprint density at radius 1 is 1.37 bits per heavy atom. The maximum atomic E-state index is 13.4. The first-order valence-electron chi connectivity index (χ1n) is 6.28. The van der Waals surface area contributed by atoms with E-state index >= 15 is 0 Å². The van der Waals surface area contributed by atoms with Gasteiger partial charge in [0.15, 0.2) is 5.78 Å². The van der Waals surface area contributed by atoms with Gasteiger partial charge < -0.3 is 4.57 Å². The Bertz CT molecular complexity index is 631. The van der Waals surface area contributed by atoms with Crippen LogP contribution in [0.2, 0.25) is 0 Å². The average molecular weight is 322 g/mol. The summed E-state index contributed by atoms with van der Waals surface area (Å²) in [6.07, 6.45) is 5.74. The van der Waals surface area contributed by atoms with Crippen molar-refractivity contribution >= 4 is 21.7 Å². The van der Waals surface area contributed by atoms with Gasteiger partial charge in [-0.2, -0.15) is 0 Å². The highest BCUT2D eigenvalue weighted by Gasteiger charge is 2.30. The van der Waals surface area contributed by atoms with Crippen molar-refractivity contribution in [2.45, 2.75) is 19.4 Å². The molecule has 0 aliphatic heterocycles. The third-order valence-electron chi connectivity index (χ3n) is 3.37. The van der Waals surface area contributed by atoms with Crippen LogP contribution in [0.1, 0.15) is 28.8 Å². The predicted octanol–water partition coefficient (Wildman–Crippen LogP) is 4.03. The molecule has 0 N–H and O–H groups in total. The minimum Gasteiger partial charge on any atom is -0.349 e. The number of hydrogen-bond donors (Lipinski definition) is 0. The Balaban J connectivity index is 1.80. The van der Waals surface area contributed by atoms with E-state index in [-0.39, 0.29) is 17.5 Å². The van der Waals surface area contributed by atoms with Crippen molar-refractivity contribution in [2.24, 2.45) is 5.92 Å². The molecule has 1 aromatic carbocycles. The number of halogens is 2. The van der Waals surface area contributed by atoms with E-state index < -0.39 is 0 Å². The van der Waals surface area contributed by atoms with Crippen LogP contribution in [0.5, 0.6) is 0 Å². The van der Waals surface area contributed by atoms with Gasteiger partial charge in [-0.3, -0.25) is 4.79 Å². The number of nitrogens with zero attached hydrogens (tertiary/aromatic N) is 1. The van der Waals surface area contributed by atoms with Gasteiger partial charge >= 0.3 is 0 Å². The van der Waals surface area contributed by atoms with Crippen molar-refractivity contribution in [3.63, 3.8) is 0 Å². The molecule has 0 spiro atoms. The fraction of sp³-hybridized carbons (Fsp3) is 0.267. The Labute approximate surface area is 119 Å². The van der Waals surface area contributed by atoms with Crippen molar-refractivity contribution in [2.75, 3.05) is 0 Å². The van der Waals surface area contributed by atoms with Gasteiger partial charge in [-0.15, -0.1) is 0 Å². The van der Waals surface area contributed by atoms with Crippen LogP contribution in [-0.4, -0.2) is 10.4 Å². The van der Waals surface area contributed by atoms with E-state index in [1.165, 1.54) is 6.07 Å². The summed E-state index contributed by atoms with van der Waals surface area (Å²) in [4.78, 5) is 11.9. The van der Waals surface area contributed by atoms with E-state index in [9.17, 15) is 9.18 Å². The van der Waals surface area contributed by atoms with Gasteiger partial charge in [0.25, 0.3) is 0 Å². The number of ketones is 1. The van der Waals surface area contributed by atoms with E-state index in [0.29, 0.717) is 11.0 Å². The van der Waals surface area contributed by atoms with Gasteiger partial charge in [-0.25, -0.2) is 4.39 Å². The molecule has 1 aliphatic carbocycles. The van der Waals surface area contributed by atoms with Gasteiger partial charge in [0.2, 0.25) is 0 Å². The molecule has 0 amide bonds. The van der Waals surface area contributed by atoms with Crippen LogP contribution in [0.4, 0.5) is 4.39 Å². The Hall–Kier alpha value is -1.42. The Morgan fingerprint density at radius 2 is 2.16 bits per heavy atom. The molecule has 0 saturated heterocycles. The fourth-order valence-electron chi connectivity index (χ4n) is 2.13. The second-order valence-electron chi connectivity index (χ2n) is 4.92. The third kappa shape index (κ3) is 2.63. The molecule has 3 rings (SSSR count). The zero-order chi connectivity index (χ0) is 13.4. The van der Waals surface area contributed by atoms with Gasteiger partial charge in [0, 0.05) is 30.4 Å². The number of rotatable bonds is 4. The number of carbonyl (C=O) groups is 1. The molecule has 0 bridgehead atoms. The summed E-state index contributed by atoms with van der Waals surface area (Å²) < 4.78 is 15.8. The standard InChI is InChI=1S/C15H13BrFNO/c16-14-11(2-1-3-13(14)17)8-18-7-6-12(9-18)15(19)10-4-5-10/h1-3,6-7,9-10H,4-5,8H2. The molecule has 1 aliphatic rings. The summed E-state index contributed by atoms with van der Waals surface area (Å²) in [5, 5.41) is 0.